The summed E-state index contributed by atoms with van der Waals surface area (Å²) >= 11 is 1.37. The molecule has 0 saturated heterocycles. The Morgan fingerprint density at radius 2 is 1.62 bits per heavy atom. The van der Waals surface area contributed by atoms with E-state index in [1.807, 2.05) is 73.7 Å². The van der Waals surface area contributed by atoms with Gasteiger partial charge in [0.2, 0.25) is 16.9 Å². The van der Waals surface area contributed by atoms with Crippen LogP contribution >= 0.6 is 11.3 Å². The van der Waals surface area contributed by atoms with E-state index in [1.54, 1.807) is 0 Å². The minimum Gasteiger partial charge on any atom is -0.453 e. The zero-order valence-electron chi connectivity index (χ0n) is 23.6. The summed E-state index contributed by atoms with van der Waals surface area (Å²) in [4.78, 5) is 36.3. The first-order valence-corrected chi connectivity index (χ1v) is 14.5. The molecule has 3 aromatic rings. The molecule has 0 spiro atoms. The van der Waals surface area contributed by atoms with Crippen molar-refractivity contribution in [1.29, 1.82) is 0 Å². The Hall–Kier alpha value is -4.71. The molecule has 4 rings (SSSR count). The first-order valence-electron chi connectivity index (χ1n) is 13.7. The molecule has 0 saturated carbocycles. The van der Waals surface area contributed by atoms with Crippen LogP contribution in [0.3, 0.4) is 0 Å². The van der Waals surface area contributed by atoms with Gasteiger partial charge < -0.3 is 26.1 Å². The van der Waals surface area contributed by atoms with Crippen LogP contribution in [0.4, 0.5) is 9.93 Å². The number of amides is 3. The molecule has 0 fully saturated rings. The number of nitrogens with zero attached hydrogens (tertiary/aromatic N) is 2. The Morgan fingerprint density at radius 1 is 0.881 bits per heavy atom. The van der Waals surface area contributed by atoms with E-state index in [9.17, 15) is 14.4 Å². The maximum absolute atomic E-state index is 12.6. The summed E-state index contributed by atoms with van der Waals surface area (Å²) in [5.74, 6) is 0.343. The maximum Gasteiger partial charge on any atom is 0.407 e. The molecule has 12 heteroatoms. The van der Waals surface area contributed by atoms with Gasteiger partial charge in [0.05, 0.1) is 26.0 Å². The Labute approximate surface area is 248 Å². The van der Waals surface area contributed by atoms with Crippen molar-refractivity contribution < 1.29 is 19.1 Å². The molecule has 0 bridgehead atoms. The van der Waals surface area contributed by atoms with E-state index in [0.29, 0.717) is 17.4 Å². The van der Waals surface area contributed by atoms with Crippen LogP contribution in [0.1, 0.15) is 53.9 Å². The van der Waals surface area contributed by atoms with Crippen LogP contribution in [-0.2, 0) is 33.6 Å². The van der Waals surface area contributed by atoms with E-state index in [4.69, 9.17) is 0 Å². The number of anilines is 1. The molecule has 5 N–H and O–H groups in total. The third-order valence-electron chi connectivity index (χ3n) is 6.43. The van der Waals surface area contributed by atoms with Gasteiger partial charge in [-0.3, -0.25) is 15.0 Å². The molecule has 11 nitrogen and oxygen atoms in total. The molecule has 3 amide bonds. The summed E-state index contributed by atoms with van der Waals surface area (Å²) in [7, 11) is 1.32. The van der Waals surface area contributed by atoms with Crippen LogP contribution in [0.15, 0.2) is 78.3 Å². The molecule has 1 aliphatic heterocycles. The number of rotatable bonds is 13. The van der Waals surface area contributed by atoms with Gasteiger partial charge in [-0.05, 0) is 55.0 Å². The average molecular weight is 590 g/mol. The standard InChI is InChI=1S/C30H35N7O4S/c1-20(31-30(40)41-2)23-12-8-11-22(17-23)19-27(39)33-29-37-36-28(42-29)14-7-6-13-24-15-16-25(35-34-24)32-26(38)18-21-9-4-3-5-10-21/h3-5,8-12,15-17,20,34-35H,6-7,13-14,18-19H2,1-2H3,(H,31,40)(H,32,38)(H,33,37,39). The lowest BCUT2D eigenvalue weighted by atomic mass is 10.0. The molecule has 1 aliphatic rings. The third kappa shape index (κ3) is 9.73. The van der Waals surface area contributed by atoms with Crippen molar-refractivity contribution >= 4 is 34.4 Å². The predicted molar refractivity (Wildman–Crippen MR) is 161 cm³/mol. The fourth-order valence-corrected chi connectivity index (χ4v) is 5.04. The number of hydrogen-bond donors (Lipinski definition) is 5. The van der Waals surface area contributed by atoms with Crippen LogP contribution in [0.5, 0.6) is 0 Å². The molecular weight excluding hydrogens is 554 g/mol. The van der Waals surface area contributed by atoms with Crippen molar-refractivity contribution in [3.63, 3.8) is 0 Å². The number of carbonyl (C=O) groups is 3. The molecule has 2 heterocycles. The number of methoxy groups -OCH3 is 1. The lowest BCUT2D eigenvalue weighted by Gasteiger charge is -2.20. The number of aromatic nitrogens is 2. The molecule has 2 aromatic carbocycles. The van der Waals surface area contributed by atoms with Gasteiger partial charge in [-0.1, -0.05) is 65.9 Å². The smallest absolute Gasteiger partial charge is 0.407 e. The first kappa shape index (κ1) is 30.3. The monoisotopic (exact) mass is 589 g/mol. The van der Waals surface area contributed by atoms with Gasteiger partial charge in [-0.15, -0.1) is 10.2 Å². The minimum atomic E-state index is -0.509. The Kier molecular flexibility index (Phi) is 11.0. The molecule has 42 heavy (non-hydrogen) atoms. The van der Waals surface area contributed by atoms with Gasteiger partial charge in [0.1, 0.15) is 10.8 Å². The number of benzene rings is 2. The van der Waals surface area contributed by atoms with Crippen molar-refractivity contribution in [1.82, 2.24) is 31.7 Å². The Bertz CT molecular complexity index is 1440. The van der Waals surface area contributed by atoms with Gasteiger partial charge in [0.25, 0.3) is 0 Å². The van der Waals surface area contributed by atoms with E-state index in [2.05, 4.69) is 41.7 Å². The summed E-state index contributed by atoms with van der Waals surface area (Å²) in [6.07, 6.45) is 7.24. The van der Waals surface area contributed by atoms with Gasteiger partial charge in [0, 0.05) is 12.1 Å². The Balaban J connectivity index is 1.15. The van der Waals surface area contributed by atoms with E-state index in [-0.39, 0.29) is 24.3 Å². The summed E-state index contributed by atoms with van der Waals surface area (Å²) in [5, 5.41) is 18.1. The lowest BCUT2D eigenvalue weighted by molar-refractivity contribution is -0.120. The summed E-state index contributed by atoms with van der Waals surface area (Å²) in [5.41, 5.74) is 9.85. The lowest BCUT2D eigenvalue weighted by Crippen LogP contribution is -2.41. The normalized spacial score (nSPS) is 13.0. The molecule has 0 radical (unpaired) electrons. The number of hydrazine groups is 1. The van der Waals surface area contributed by atoms with Crippen LogP contribution in [0.25, 0.3) is 0 Å². The van der Waals surface area contributed by atoms with Crippen LogP contribution < -0.4 is 26.8 Å². The highest BCUT2D eigenvalue weighted by atomic mass is 32.1. The zero-order valence-corrected chi connectivity index (χ0v) is 24.4. The highest BCUT2D eigenvalue weighted by Crippen LogP contribution is 2.20. The number of ether oxygens (including phenoxy) is 1. The van der Waals surface area contributed by atoms with Crippen LogP contribution in [0, 0.1) is 0 Å². The topological polar surface area (TPSA) is 146 Å². The number of allylic oxidation sites excluding steroid dienone is 3. The van der Waals surface area contributed by atoms with Gasteiger partial charge >= 0.3 is 6.09 Å². The van der Waals surface area contributed by atoms with Crippen molar-refractivity contribution in [2.45, 2.75) is 51.5 Å². The van der Waals surface area contributed by atoms with Gasteiger partial charge in [-0.25, -0.2) is 4.79 Å². The molecule has 1 atom stereocenters. The van der Waals surface area contributed by atoms with E-state index in [1.165, 1.54) is 18.4 Å². The quantitative estimate of drug-likeness (QED) is 0.188. The predicted octanol–water partition coefficient (Wildman–Crippen LogP) is 4.04. The maximum atomic E-state index is 12.6. The number of carbonyl (C=O) groups excluding carboxylic acids is 3. The van der Waals surface area contributed by atoms with Crippen molar-refractivity contribution in [3.05, 3.63) is 100.0 Å². The number of aryl methyl sites for hydroxylation is 1. The fourth-order valence-electron chi connectivity index (χ4n) is 4.25. The van der Waals surface area contributed by atoms with Crippen molar-refractivity contribution in [2.75, 3.05) is 12.4 Å². The molecule has 0 aliphatic carbocycles. The van der Waals surface area contributed by atoms with Crippen LogP contribution in [-0.4, -0.2) is 35.2 Å². The minimum absolute atomic E-state index is 0.0833. The van der Waals surface area contributed by atoms with Crippen molar-refractivity contribution in [3.8, 4) is 0 Å². The highest BCUT2D eigenvalue weighted by molar-refractivity contribution is 7.15. The summed E-state index contributed by atoms with van der Waals surface area (Å²) < 4.78 is 4.65. The largest absolute Gasteiger partial charge is 0.453 e. The zero-order chi connectivity index (χ0) is 29.7. The third-order valence-corrected chi connectivity index (χ3v) is 7.32. The van der Waals surface area contributed by atoms with Gasteiger partial charge in [0.15, 0.2) is 0 Å². The number of unbranched alkanes of at least 4 members (excludes halogenated alkanes) is 1. The second-order valence-electron chi connectivity index (χ2n) is 9.77. The number of nitrogens with one attached hydrogen (secondary N) is 5. The molecule has 1 unspecified atom stereocenters. The summed E-state index contributed by atoms with van der Waals surface area (Å²) in [6.45, 7) is 1.85. The molecule has 220 valence electrons. The fraction of sp³-hybridized carbons (Fsp3) is 0.300. The average Bonchev–Trinajstić information content (AvgIpc) is 3.43. The SMILES string of the molecule is COC(=O)NC(C)c1cccc(CC(=O)Nc2nnc(CCCCC3=CC=C(NC(=O)Cc4ccccc4)NN3)s2)c1. The van der Waals surface area contributed by atoms with Gasteiger partial charge in [-0.2, -0.15) is 0 Å². The molecule has 1 aromatic heterocycles. The molecular formula is C30H35N7O4S. The van der Waals surface area contributed by atoms with E-state index >= 15 is 0 Å². The summed E-state index contributed by atoms with van der Waals surface area (Å²) in [6, 6.07) is 16.8. The Morgan fingerprint density at radius 3 is 2.38 bits per heavy atom. The second-order valence-corrected chi connectivity index (χ2v) is 10.8. The number of hydrogen-bond acceptors (Lipinski definition) is 9. The van der Waals surface area contributed by atoms with Crippen LogP contribution in [0.2, 0.25) is 0 Å². The van der Waals surface area contributed by atoms with E-state index < -0.39 is 6.09 Å². The number of alkyl carbamates (subject to hydrolysis) is 1. The van der Waals surface area contributed by atoms with Crippen molar-refractivity contribution in [2.24, 2.45) is 0 Å². The first-order chi connectivity index (χ1) is 20.4. The highest BCUT2D eigenvalue weighted by Gasteiger charge is 2.13. The second kappa shape index (κ2) is 15.3. The van der Waals surface area contributed by atoms with E-state index in [0.717, 1.165) is 53.1 Å².